The van der Waals surface area contributed by atoms with Crippen LogP contribution in [0.5, 0.6) is 0 Å². The van der Waals surface area contributed by atoms with Crippen LogP contribution in [0.1, 0.15) is 11.3 Å². The molecule has 1 aromatic carbocycles. The van der Waals surface area contributed by atoms with E-state index in [4.69, 9.17) is 0 Å². The normalized spacial score (nSPS) is 12.0. The van der Waals surface area contributed by atoms with E-state index in [1.165, 1.54) is 0 Å². The van der Waals surface area contributed by atoms with Gasteiger partial charge >= 0.3 is 5.97 Å². The molecule has 0 amide bonds. The number of hydrogen-bond donors (Lipinski definition) is 2. The monoisotopic (exact) mass is 311 g/mol. The molecular formula is C16H17N5O2. The lowest BCUT2D eigenvalue weighted by atomic mass is 10.1. The van der Waals surface area contributed by atoms with Gasteiger partial charge in [0.25, 0.3) is 0 Å². The summed E-state index contributed by atoms with van der Waals surface area (Å²) in [6.07, 6.45) is 8.53. The van der Waals surface area contributed by atoms with Crippen LogP contribution in [-0.2, 0) is 17.8 Å². The zero-order valence-corrected chi connectivity index (χ0v) is 12.4. The van der Waals surface area contributed by atoms with Crippen LogP contribution in [0, 0.1) is 0 Å². The van der Waals surface area contributed by atoms with Crippen LogP contribution in [-0.4, -0.2) is 36.7 Å². The number of carboxylic acids is 1. The van der Waals surface area contributed by atoms with E-state index >= 15 is 0 Å². The predicted molar refractivity (Wildman–Crippen MR) is 84.3 cm³/mol. The van der Waals surface area contributed by atoms with Crippen LogP contribution >= 0.6 is 0 Å². The molecule has 118 valence electrons. The van der Waals surface area contributed by atoms with Crippen LogP contribution in [0.4, 0.5) is 0 Å². The lowest BCUT2D eigenvalue weighted by molar-refractivity contribution is -0.139. The van der Waals surface area contributed by atoms with Crippen LogP contribution in [0.3, 0.4) is 0 Å². The van der Waals surface area contributed by atoms with Gasteiger partial charge in [-0.15, -0.1) is 0 Å². The fourth-order valence-corrected chi connectivity index (χ4v) is 2.45. The zero-order chi connectivity index (χ0) is 16.1. The van der Waals surface area contributed by atoms with E-state index in [1.807, 2.05) is 30.3 Å². The molecular weight excluding hydrogens is 294 g/mol. The van der Waals surface area contributed by atoms with E-state index in [2.05, 4.69) is 15.0 Å². The van der Waals surface area contributed by atoms with Crippen molar-refractivity contribution in [2.75, 3.05) is 5.01 Å². The molecule has 0 spiro atoms. The van der Waals surface area contributed by atoms with Gasteiger partial charge in [0.05, 0.1) is 18.6 Å². The minimum Gasteiger partial charge on any atom is -0.480 e. The van der Waals surface area contributed by atoms with Gasteiger partial charge in [-0.1, -0.05) is 30.3 Å². The number of aromatic amines is 1. The molecule has 3 aromatic rings. The van der Waals surface area contributed by atoms with E-state index < -0.39 is 12.0 Å². The Labute approximate surface area is 133 Å². The Hall–Kier alpha value is -3.09. The summed E-state index contributed by atoms with van der Waals surface area (Å²) < 4.78 is 1.71. The van der Waals surface area contributed by atoms with E-state index in [0.717, 1.165) is 5.56 Å². The molecule has 2 aromatic heterocycles. The number of aliphatic carboxylic acids is 1. The Morgan fingerprint density at radius 3 is 2.78 bits per heavy atom. The molecule has 2 N–H and O–H groups in total. The van der Waals surface area contributed by atoms with Crippen molar-refractivity contribution in [2.24, 2.45) is 0 Å². The first-order valence-electron chi connectivity index (χ1n) is 7.23. The Morgan fingerprint density at radius 2 is 2.17 bits per heavy atom. The number of carboxylic acid groups (broad SMARTS) is 1. The van der Waals surface area contributed by atoms with Crippen molar-refractivity contribution >= 4 is 5.97 Å². The third-order valence-electron chi connectivity index (χ3n) is 3.58. The Kier molecular flexibility index (Phi) is 4.37. The summed E-state index contributed by atoms with van der Waals surface area (Å²) in [5.74, 6) is -0.905. The van der Waals surface area contributed by atoms with Crippen LogP contribution < -0.4 is 5.01 Å². The molecule has 0 aliphatic carbocycles. The van der Waals surface area contributed by atoms with Crippen molar-refractivity contribution in [3.8, 4) is 0 Å². The first-order chi connectivity index (χ1) is 11.2. The second kappa shape index (κ2) is 6.78. The molecule has 7 nitrogen and oxygen atoms in total. The lowest BCUT2D eigenvalue weighted by Crippen LogP contribution is -2.48. The maximum Gasteiger partial charge on any atom is 0.328 e. The van der Waals surface area contributed by atoms with Crippen LogP contribution in [0.25, 0.3) is 0 Å². The maximum atomic E-state index is 11.8. The number of aromatic nitrogens is 4. The van der Waals surface area contributed by atoms with E-state index in [-0.39, 0.29) is 0 Å². The smallest absolute Gasteiger partial charge is 0.328 e. The average molecular weight is 311 g/mol. The molecule has 0 saturated carbocycles. The fraction of sp³-hybridized carbons (Fsp3) is 0.188. The van der Waals surface area contributed by atoms with Crippen molar-refractivity contribution < 1.29 is 9.90 Å². The summed E-state index contributed by atoms with van der Waals surface area (Å²) in [7, 11) is 0. The molecule has 1 unspecified atom stereocenters. The third-order valence-corrected chi connectivity index (χ3v) is 3.58. The van der Waals surface area contributed by atoms with Gasteiger partial charge < -0.3 is 10.1 Å². The van der Waals surface area contributed by atoms with Gasteiger partial charge in [-0.05, 0) is 5.56 Å². The summed E-state index contributed by atoms with van der Waals surface area (Å²) >= 11 is 0. The predicted octanol–water partition coefficient (Wildman–Crippen LogP) is 1.44. The number of H-pyrrole nitrogens is 1. The van der Waals surface area contributed by atoms with Crippen LogP contribution in [0.2, 0.25) is 0 Å². The maximum absolute atomic E-state index is 11.8. The first-order valence-corrected chi connectivity index (χ1v) is 7.23. The van der Waals surface area contributed by atoms with E-state index in [1.54, 1.807) is 40.9 Å². The van der Waals surface area contributed by atoms with Crippen molar-refractivity contribution in [1.82, 2.24) is 19.6 Å². The van der Waals surface area contributed by atoms with Crippen molar-refractivity contribution in [3.63, 3.8) is 0 Å². The number of imidazole rings is 2. The highest BCUT2D eigenvalue weighted by Gasteiger charge is 2.27. The van der Waals surface area contributed by atoms with Crippen molar-refractivity contribution in [3.05, 3.63) is 72.8 Å². The average Bonchev–Trinajstić information content (AvgIpc) is 3.25. The van der Waals surface area contributed by atoms with E-state index in [9.17, 15) is 9.90 Å². The quantitative estimate of drug-likeness (QED) is 0.689. The minimum atomic E-state index is -0.905. The topological polar surface area (TPSA) is 87.0 Å². The molecule has 1 atom stereocenters. The van der Waals surface area contributed by atoms with Crippen LogP contribution in [0.15, 0.2) is 61.6 Å². The van der Waals surface area contributed by atoms with Gasteiger partial charge in [0.2, 0.25) is 0 Å². The second-order valence-corrected chi connectivity index (χ2v) is 5.14. The van der Waals surface area contributed by atoms with Crippen molar-refractivity contribution in [2.45, 2.75) is 19.0 Å². The number of benzene rings is 1. The molecule has 0 aliphatic heterocycles. The Bertz CT molecular complexity index is 725. The van der Waals surface area contributed by atoms with E-state index in [0.29, 0.717) is 18.7 Å². The Balaban J connectivity index is 1.90. The summed E-state index contributed by atoms with van der Waals surface area (Å²) in [5, 5.41) is 11.5. The van der Waals surface area contributed by atoms with Gasteiger partial charge in [0, 0.05) is 25.0 Å². The van der Waals surface area contributed by atoms with Gasteiger partial charge in [0.15, 0.2) is 0 Å². The highest BCUT2D eigenvalue weighted by Crippen LogP contribution is 2.12. The molecule has 2 heterocycles. The molecule has 23 heavy (non-hydrogen) atoms. The van der Waals surface area contributed by atoms with Gasteiger partial charge in [0.1, 0.15) is 12.4 Å². The SMILES string of the molecule is O=C(O)C(Cc1c[nH]cn1)N(Cc1ccccc1)n1ccnc1. The first kappa shape index (κ1) is 14.8. The molecule has 7 heteroatoms. The fourth-order valence-electron chi connectivity index (χ4n) is 2.45. The van der Waals surface area contributed by atoms with Crippen molar-refractivity contribution in [1.29, 1.82) is 0 Å². The zero-order valence-electron chi connectivity index (χ0n) is 12.4. The molecule has 0 radical (unpaired) electrons. The molecule has 0 aliphatic rings. The number of nitrogens with zero attached hydrogens (tertiary/aromatic N) is 4. The lowest BCUT2D eigenvalue weighted by Gasteiger charge is -2.31. The molecule has 3 rings (SSSR count). The third kappa shape index (κ3) is 3.57. The highest BCUT2D eigenvalue weighted by molar-refractivity contribution is 5.76. The standard InChI is InChI=1S/C16H17N5O2/c22-16(23)15(8-14-9-18-11-19-14)21(20-7-6-17-12-20)10-13-4-2-1-3-5-13/h1-7,9,11-12,15H,8,10H2,(H,18,19)(H,22,23). The summed E-state index contributed by atoms with van der Waals surface area (Å²) in [5.41, 5.74) is 1.73. The number of carbonyl (C=O) groups is 1. The number of rotatable bonds is 7. The van der Waals surface area contributed by atoms with Gasteiger partial charge in [-0.3, -0.25) is 9.69 Å². The van der Waals surface area contributed by atoms with Gasteiger partial charge in [-0.2, -0.15) is 0 Å². The highest BCUT2D eigenvalue weighted by atomic mass is 16.4. The number of nitrogens with one attached hydrogen (secondary N) is 1. The molecule has 0 fully saturated rings. The summed E-state index contributed by atoms with van der Waals surface area (Å²) in [6, 6.07) is 8.99. The summed E-state index contributed by atoms with van der Waals surface area (Å²) in [6.45, 7) is 0.457. The van der Waals surface area contributed by atoms with Gasteiger partial charge in [-0.25, -0.2) is 14.8 Å². The molecule has 0 bridgehead atoms. The summed E-state index contributed by atoms with van der Waals surface area (Å²) in [4.78, 5) is 22.9. The Morgan fingerprint density at radius 1 is 1.35 bits per heavy atom. The number of hydrogen-bond acceptors (Lipinski definition) is 4. The second-order valence-electron chi connectivity index (χ2n) is 5.14. The largest absolute Gasteiger partial charge is 0.480 e. The minimum absolute atomic E-state index is 0.295. The molecule has 0 saturated heterocycles.